The Hall–Kier alpha value is -1.16. The second kappa shape index (κ2) is 5.07. The highest BCUT2D eigenvalue weighted by Gasteiger charge is 2.33. The van der Waals surface area contributed by atoms with E-state index in [4.69, 9.17) is 0 Å². The third kappa shape index (κ3) is 1.95. The zero-order valence-corrected chi connectivity index (χ0v) is 10.2. The van der Waals surface area contributed by atoms with Crippen LogP contribution in [0.15, 0.2) is 24.3 Å². The Morgan fingerprint density at radius 3 is 1.80 bits per heavy atom. The van der Waals surface area contributed by atoms with Gasteiger partial charge in [-0.1, -0.05) is 41.9 Å². The predicted octanol–water partition coefficient (Wildman–Crippen LogP) is 2.66. The first-order valence-electron chi connectivity index (χ1n) is 4.77. The molecule has 0 bridgehead atoms. The molecule has 0 N–H and O–H groups in total. The van der Waals surface area contributed by atoms with Crippen molar-refractivity contribution < 1.29 is 9.59 Å². The summed E-state index contributed by atoms with van der Waals surface area (Å²) in [4.78, 5) is 24.2. The van der Waals surface area contributed by atoms with E-state index in [0.29, 0.717) is 11.1 Å². The summed E-state index contributed by atoms with van der Waals surface area (Å²) in [6.45, 7) is 4.00. The Morgan fingerprint density at radius 1 is 1.07 bits per heavy atom. The van der Waals surface area contributed by atoms with Gasteiger partial charge < -0.3 is 0 Å². The van der Waals surface area contributed by atoms with Crippen LogP contribution in [0.1, 0.15) is 34.6 Å². The third-order valence-electron chi connectivity index (χ3n) is 2.00. The van der Waals surface area contributed by atoms with Crippen LogP contribution < -0.4 is 0 Å². The quantitative estimate of drug-likeness (QED) is 0.447. The summed E-state index contributed by atoms with van der Waals surface area (Å²) in [6, 6.07) is 6.83. The lowest BCUT2D eigenvalue weighted by Gasteiger charge is -2.07. The van der Waals surface area contributed by atoms with Crippen molar-refractivity contribution in [3.05, 3.63) is 35.4 Å². The fraction of sp³-hybridized carbons (Fsp3) is 0.273. The van der Waals surface area contributed by atoms with E-state index in [2.05, 4.69) is 15.9 Å². The zero-order valence-electron chi connectivity index (χ0n) is 8.66. The van der Waals surface area contributed by atoms with Gasteiger partial charge in [-0.2, -0.15) is 0 Å². The highest BCUT2D eigenvalue weighted by Crippen LogP contribution is 2.22. The van der Waals surface area contributed by atoms with Crippen LogP contribution in [0.25, 0.3) is 0 Å². The third-order valence-corrected chi connectivity index (χ3v) is 2.50. The molecule has 0 fully saturated rings. The molecule has 0 atom stereocenters. The van der Waals surface area contributed by atoms with Crippen molar-refractivity contribution in [1.82, 2.24) is 4.90 Å². The van der Waals surface area contributed by atoms with Crippen LogP contribution in [0, 0.1) is 0 Å². The van der Waals surface area contributed by atoms with Gasteiger partial charge in [0.05, 0.1) is 16.6 Å². The lowest BCUT2D eigenvalue weighted by molar-refractivity contribution is 0.0686. The number of hydrogen-bond donors (Lipinski definition) is 0. The van der Waals surface area contributed by atoms with Gasteiger partial charge in [0, 0.05) is 0 Å². The highest BCUT2D eigenvalue weighted by molar-refractivity contribution is 9.09. The Morgan fingerprint density at radius 2 is 1.47 bits per heavy atom. The fourth-order valence-electron chi connectivity index (χ4n) is 1.35. The molecule has 1 aliphatic rings. The fourth-order valence-corrected chi connectivity index (χ4v) is 1.80. The summed E-state index contributed by atoms with van der Waals surface area (Å²) >= 11 is 3.10. The van der Waals surface area contributed by atoms with Crippen molar-refractivity contribution in [2.45, 2.75) is 13.8 Å². The maximum absolute atomic E-state index is 11.5. The van der Waals surface area contributed by atoms with Crippen molar-refractivity contribution in [2.24, 2.45) is 0 Å². The minimum absolute atomic E-state index is 0.225. The average Bonchev–Trinajstić information content (AvgIpc) is 2.55. The molecule has 3 nitrogen and oxygen atoms in total. The van der Waals surface area contributed by atoms with Gasteiger partial charge in [-0.3, -0.25) is 14.5 Å². The van der Waals surface area contributed by atoms with E-state index in [1.807, 2.05) is 13.8 Å². The molecule has 80 valence electrons. The molecule has 4 heteroatoms. The first-order chi connectivity index (χ1) is 7.25. The molecule has 1 aliphatic heterocycles. The maximum Gasteiger partial charge on any atom is 0.262 e. The molecule has 2 rings (SSSR count). The van der Waals surface area contributed by atoms with Crippen LogP contribution >= 0.6 is 15.9 Å². The van der Waals surface area contributed by atoms with Crippen LogP contribution in [-0.2, 0) is 0 Å². The van der Waals surface area contributed by atoms with E-state index in [1.54, 1.807) is 24.3 Å². The van der Waals surface area contributed by atoms with E-state index in [0.717, 1.165) is 0 Å². The highest BCUT2D eigenvalue weighted by atomic mass is 79.9. The molecule has 0 saturated heterocycles. The Labute approximate surface area is 97.2 Å². The van der Waals surface area contributed by atoms with Crippen molar-refractivity contribution >= 4 is 27.7 Å². The lowest BCUT2D eigenvalue weighted by Crippen LogP contribution is -2.27. The predicted molar refractivity (Wildman–Crippen MR) is 62.1 cm³/mol. The number of rotatable bonds is 1. The molecule has 2 amide bonds. The molecule has 1 heterocycles. The standard InChI is InChI=1S/C9H6BrNO2.C2H6/c10-5-11-8(12)6-3-1-2-4-7(6)9(11)13;1-2/h1-4H,5H2;1-2H3. The minimum Gasteiger partial charge on any atom is -0.269 e. The summed E-state index contributed by atoms with van der Waals surface area (Å²) < 4.78 is 0. The van der Waals surface area contributed by atoms with E-state index in [1.165, 1.54) is 4.90 Å². The Bertz CT molecular complexity index is 355. The van der Waals surface area contributed by atoms with Crippen LogP contribution in [0.2, 0.25) is 0 Å². The summed E-state index contributed by atoms with van der Waals surface area (Å²) in [7, 11) is 0. The molecule has 0 aliphatic carbocycles. The molecule has 1 aromatic rings. The number of nitrogens with zero attached hydrogens (tertiary/aromatic N) is 1. The first kappa shape index (κ1) is 11.9. The summed E-state index contributed by atoms with van der Waals surface area (Å²) in [6.07, 6.45) is 0. The molecule has 0 unspecified atom stereocenters. The Kier molecular flexibility index (Phi) is 4.03. The largest absolute Gasteiger partial charge is 0.269 e. The summed E-state index contributed by atoms with van der Waals surface area (Å²) in [5.74, 6) is -0.449. The average molecular weight is 270 g/mol. The van der Waals surface area contributed by atoms with Crippen LogP contribution in [0.4, 0.5) is 0 Å². The van der Waals surface area contributed by atoms with Gasteiger partial charge >= 0.3 is 0 Å². The number of carbonyl (C=O) groups excluding carboxylic acids is 2. The van der Waals surface area contributed by atoms with E-state index < -0.39 is 0 Å². The van der Waals surface area contributed by atoms with Gasteiger partial charge in [-0.05, 0) is 12.1 Å². The first-order valence-corrected chi connectivity index (χ1v) is 5.89. The van der Waals surface area contributed by atoms with Gasteiger partial charge in [-0.15, -0.1) is 0 Å². The molecule has 0 saturated carbocycles. The van der Waals surface area contributed by atoms with Crippen LogP contribution in [0.5, 0.6) is 0 Å². The summed E-state index contributed by atoms with van der Waals surface area (Å²) in [5.41, 5.74) is 1.23. The minimum atomic E-state index is -0.225. The van der Waals surface area contributed by atoms with Gasteiger partial charge in [0.1, 0.15) is 0 Å². The molecule has 0 spiro atoms. The van der Waals surface area contributed by atoms with Crippen molar-refractivity contribution in [1.29, 1.82) is 0 Å². The topological polar surface area (TPSA) is 37.4 Å². The van der Waals surface area contributed by atoms with Gasteiger partial charge in [0.15, 0.2) is 0 Å². The lowest BCUT2D eigenvalue weighted by atomic mass is 10.1. The van der Waals surface area contributed by atoms with Crippen LogP contribution in [-0.4, -0.2) is 22.2 Å². The van der Waals surface area contributed by atoms with E-state index >= 15 is 0 Å². The number of benzene rings is 1. The monoisotopic (exact) mass is 269 g/mol. The number of imide groups is 1. The second-order valence-electron chi connectivity index (χ2n) is 2.70. The number of amides is 2. The van der Waals surface area contributed by atoms with Crippen LogP contribution in [0.3, 0.4) is 0 Å². The van der Waals surface area contributed by atoms with Gasteiger partial charge in [0.2, 0.25) is 0 Å². The molecule has 15 heavy (non-hydrogen) atoms. The normalized spacial score (nSPS) is 13.4. The van der Waals surface area contributed by atoms with Crippen molar-refractivity contribution in [2.75, 3.05) is 5.45 Å². The number of halogens is 1. The number of alkyl halides is 1. The van der Waals surface area contributed by atoms with E-state index in [9.17, 15) is 9.59 Å². The number of carbonyl (C=O) groups is 2. The van der Waals surface area contributed by atoms with Gasteiger partial charge in [-0.25, -0.2) is 0 Å². The Balaban J connectivity index is 0.000000531. The molecule has 0 radical (unpaired) electrons. The van der Waals surface area contributed by atoms with Gasteiger partial charge in [0.25, 0.3) is 11.8 Å². The molecular formula is C11H12BrNO2. The number of fused-ring (bicyclic) bond motifs is 1. The van der Waals surface area contributed by atoms with E-state index in [-0.39, 0.29) is 17.3 Å². The number of hydrogen-bond acceptors (Lipinski definition) is 2. The molecule has 0 aromatic heterocycles. The second-order valence-corrected chi connectivity index (χ2v) is 3.20. The molecule has 1 aromatic carbocycles. The smallest absolute Gasteiger partial charge is 0.262 e. The maximum atomic E-state index is 11.5. The van der Waals surface area contributed by atoms with Crippen molar-refractivity contribution in [3.8, 4) is 0 Å². The SMILES string of the molecule is CC.O=C1c2ccccc2C(=O)N1CBr. The zero-order chi connectivity index (χ0) is 11.4. The summed E-state index contributed by atoms with van der Waals surface area (Å²) in [5, 5.41) is 0. The molecular weight excluding hydrogens is 258 g/mol. The van der Waals surface area contributed by atoms with Crippen molar-refractivity contribution in [3.63, 3.8) is 0 Å².